The van der Waals surface area contributed by atoms with E-state index in [0.29, 0.717) is 0 Å². The van der Waals surface area contributed by atoms with E-state index in [4.69, 9.17) is 0 Å². The second-order valence-electron chi connectivity index (χ2n) is 2.36. The summed E-state index contributed by atoms with van der Waals surface area (Å²) in [7, 11) is 0. The lowest BCUT2D eigenvalue weighted by atomic mass is 10.2. The maximum Gasteiger partial charge on any atom is 0.0157 e. The van der Waals surface area contributed by atoms with E-state index in [9.17, 15) is 0 Å². The Balaban J connectivity index is 0.000000561. The lowest BCUT2D eigenvalue weighted by Gasteiger charge is -1.91. The molecule has 1 heterocycles. The van der Waals surface area contributed by atoms with Gasteiger partial charge >= 0.3 is 0 Å². The van der Waals surface area contributed by atoms with Gasteiger partial charge in [-0.3, -0.25) is 0 Å². The van der Waals surface area contributed by atoms with Gasteiger partial charge in [-0.15, -0.1) is 11.8 Å². The van der Waals surface area contributed by atoms with Gasteiger partial charge in [-0.2, -0.15) is 0 Å². The predicted octanol–water partition coefficient (Wildman–Crippen LogP) is 4.17. The van der Waals surface area contributed by atoms with Crippen LogP contribution in [0.1, 0.15) is 27.2 Å². The first-order valence-corrected chi connectivity index (χ1v) is 5.53. The van der Waals surface area contributed by atoms with Gasteiger partial charge in [0, 0.05) is 5.75 Å². The molecule has 1 aliphatic heterocycles. The molecular formula is C11H18S. The normalized spacial score (nSPS) is 26.1. The van der Waals surface area contributed by atoms with E-state index in [1.807, 2.05) is 25.6 Å². The lowest BCUT2D eigenvalue weighted by Crippen LogP contribution is -1.69. The van der Waals surface area contributed by atoms with Crippen LogP contribution in [-0.4, -0.2) is 5.75 Å². The van der Waals surface area contributed by atoms with Crippen molar-refractivity contribution in [1.29, 1.82) is 0 Å². The molecule has 0 saturated carbocycles. The quantitative estimate of drug-likeness (QED) is 0.542. The van der Waals surface area contributed by atoms with Gasteiger partial charge in [-0.25, -0.2) is 0 Å². The predicted molar refractivity (Wildman–Crippen MR) is 60.5 cm³/mol. The van der Waals surface area contributed by atoms with Crippen LogP contribution in [0.15, 0.2) is 35.3 Å². The lowest BCUT2D eigenvalue weighted by molar-refractivity contribution is 1.22. The highest BCUT2D eigenvalue weighted by atomic mass is 32.2. The molecule has 68 valence electrons. The van der Waals surface area contributed by atoms with Crippen molar-refractivity contribution in [2.75, 3.05) is 5.75 Å². The molecule has 0 aromatic heterocycles. The molecule has 0 saturated heterocycles. The van der Waals surface area contributed by atoms with E-state index in [2.05, 4.69) is 36.6 Å². The number of allylic oxidation sites excluding steroid dienone is 4. The fourth-order valence-electron chi connectivity index (χ4n) is 0.761. The van der Waals surface area contributed by atoms with Crippen molar-refractivity contribution in [2.24, 2.45) is 0 Å². The van der Waals surface area contributed by atoms with Crippen molar-refractivity contribution < 1.29 is 0 Å². The van der Waals surface area contributed by atoms with Gasteiger partial charge in [-0.05, 0) is 18.8 Å². The third-order valence-electron chi connectivity index (χ3n) is 1.30. The highest BCUT2D eigenvalue weighted by Crippen LogP contribution is 2.11. The van der Waals surface area contributed by atoms with E-state index < -0.39 is 0 Å². The summed E-state index contributed by atoms with van der Waals surface area (Å²) in [6.07, 6.45) is 9.68. The molecule has 0 atom stereocenters. The van der Waals surface area contributed by atoms with Gasteiger partial charge in [0.15, 0.2) is 0 Å². The summed E-state index contributed by atoms with van der Waals surface area (Å²) in [5, 5.41) is 2.24. The third kappa shape index (κ3) is 6.29. The number of thioether (sulfide) groups is 1. The molecule has 0 bridgehead atoms. The van der Waals surface area contributed by atoms with Gasteiger partial charge < -0.3 is 0 Å². The van der Waals surface area contributed by atoms with Crippen LogP contribution in [0.25, 0.3) is 0 Å². The molecule has 0 spiro atoms. The van der Waals surface area contributed by atoms with Crippen molar-refractivity contribution in [3.05, 3.63) is 35.3 Å². The minimum absolute atomic E-state index is 1.09. The summed E-state index contributed by atoms with van der Waals surface area (Å²) in [4.78, 5) is 0. The molecule has 1 aliphatic rings. The fourth-order valence-corrected chi connectivity index (χ4v) is 1.46. The Morgan fingerprint density at radius 3 is 2.58 bits per heavy atom. The Labute approximate surface area is 80.4 Å². The van der Waals surface area contributed by atoms with Gasteiger partial charge in [0.1, 0.15) is 0 Å². The summed E-state index contributed by atoms with van der Waals surface area (Å²) in [5.41, 5.74) is 1.45. The van der Waals surface area contributed by atoms with Crippen LogP contribution < -0.4 is 0 Å². The van der Waals surface area contributed by atoms with Crippen LogP contribution in [0.2, 0.25) is 0 Å². The fraction of sp³-hybridized carbons (Fsp3) is 0.455. The Morgan fingerprint density at radius 2 is 1.83 bits per heavy atom. The Bertz CT molecular complexity index is 175. The maximum absolute atomic E-state index is 2.24. The van der Waals surface area contributed by atoms with Crippen LogP contribution in [0.5, 0.6) is 0 Å². The van der Waals surface area contributed by atoms with Crippen molar-refractivity contribution in [2.45, 2.75) is 27.2 Å². The van der Waals surface area contributed by atoms with Crippen LogP contribution >= 0.6 is 11.8 Å². The van der Waals surface area contributed by atoms with E-state index in [0.717, 1.165) is 12.2 Å². The van der Waals surface area contributed by atoms with Gasteiger partial charge in [0.25, 0.3) is 0 Å². The summed E-state index contributed by atoms with van der Waals surface area (Å²) in [6.45, 7) is 6.17. The topological polar surface area (TPSA) is 0 Å². The van der Waals surface area contributed by atoms with E-state index in [-0.39, 0.29) is 0 Å². The Hall–Kier alpha value is -0.430. The molecule has 0 aromatic carbocycles. The molecule has 0 amide bonds. The average molecular weight is 182 g/mol. The molecule has 12 heavy (non-hydrogen) atoms. The third-order valence-corrected chi connectivity index (χ3v) is 2.25. The van der Waals surface area contributed by atoms with E-state index in [1.54, 1.807) is 0 Å². The van der Waals surface area contributed by atoms with Crippen molar-refractivity contribution >= 4 is 11.8 Å². The molecule has 1 heteroatoms. The van der Waals surface area contributed by atoms with Crippen molar-refractivity contribution in [3.8, 4) is 0 Å². The summed E-state index contributed by atoms with van der Waals surface area (Å²) in [6, 6.07) is 0. The zero-order valence-electron chi connectivity index (χ0n) is 8.21. The second-order valence-corrected chi connectivity index (χ2v) is 3.26. The van der Waals surface area contributed by atoms with Crippen LogP contribution in [0, 0.1) is 0 Å². The van der Waals surface area contributed by atoms with Crippen LogP contribution in [0.4, 0.5) is 0 Å². The molecule has 0 unspecified atom stereocenters. The van der Waals surface area contributed by atoms with Crippen molar-refractivity contribution in [1.82, 2.24) is 0 Å². The molecule has 0 aromatic rings. The van der Waals surface area contributed by atoms with Gasteiger partial charge in [-0.1, -0.05) is 43.7 Å². The Morgan fingerprint density at radius 1 is 1.17 bits per heavy atom. The molecule has 0 fully saturated rings. The number of hydrogen-bond donors (Lipinski definition) is 0. The first-order valence-electron chi connectivity index (χ1n) is 4.48. The Kier molecular flexibility index (Phi) is 8.35. The van der Waals surface area contributed by atoms with Gasteiger partial charge in [0.05, 0.1) is 0 Å². The summed E-state index contributed by atoms with van der Waals surface area (Å²) < 4.78 is 0. The smallest absolute Gasteiger partial charge is 0.0157 e. The standard InChI is InChI=1S/C9H12S.C2H6/c1-9-6-4-2-3-5-7-10-8-9;1-2/h2-5,8H,6-7H2,1H3;1-2H3/b4-2-,5-3-,9-8-;. The van der Waals surface area contributed by atoms with E-state index >= 15 is 0 Å². The first kappa shape index (κ1) is 11.6. The summed E-state index contributed by atoms with van der Waals surface area (Å²) >= 11 is 1.86. The number of rotatable bonds is 0. The van der Waals surface area contributed by atoms with Crippen molar-refractivity contribution in [3.63, 3.8) is 0 Å². The first-order chi connectivity index (χ1) is 5.89. The number of hydrogen-bond acceptors (Lipinski definition) is 1. The van der Waals surface area contributed by atoms with E-state index in [1.165, 1.54) is 5.57 Å². The summed E-state index contributed by atoms with van der Waals surface area (Å²) in [5.74, 6) is 1.10. The zero-order chi connectivity index (χ0) is 9.23. The molecule has 0 aliphatic carbocycles. The highest BCUT2D eigenvalue weighted by Gasteiger charge is 1.86. The molecule has 0 N–H and O–H groups in total. The minimum atomic E-state index is 1.09. The van der Waals surface area contributed by atoms with Crippen LogP contribution in [0.3, 0.4) is 0 Å². The molecular weight excluding hydrogens is 164 g/mol. The minimum Gasteiger partial charge on any atom is -0.130 e. The second kappa shape index (κ2) is 8.66. The van der Waals surface area contributed by atoms with Crippen LogP contribution in [-0.2, 0) is 0 Å². The molecule has 0 nitrogen and oxygen atoms in total. The zero-order valence-corrected chi connectivity index (χ0v) is 9.03. The largest absolute Gasteiger partial charge is 0.130 e. The molecule has 0 radical (unpaired) electrons. The monoisotopic (exact) mass is 182 g/mol. The van der Waals surface area contributed by atoms with Gasteiger partial charge in [0.2, 0.25) is 0 Å². The maximum atomic E-state index is 2.24. The average Bonchev–Trinajstić information content (AvgIpc) is 2.22. The highest BCUT2D eigenvalue weighted by molar-refractivity contribution is 8.02. The SMILES string of the molecule is C/C1=C/SC/C=C\C=C/C1.CC. The molecule has 1 rings (SSSR count).